The van der Waals surface area contributed by atoms with Crippen molar-refractivity contribution in [2.75, 3.05) is 19.1 Å². The van der Waals surface area contributed by atoms with Crippen LogP contribution in [0.3, 0.4) is 0 Å². The summed E-state index contributed by atoms with van der Waals surface area (Å²) in [6.07, 6.45) is 2.34. The fourth-order valence-electron chi connectivity index (χ4n) is 3.97. The van der Waals surface area contributed by atoms with Gasteiger partial charge < -0.3 is 14.4 Å². The highest BCUT2D eigenvalue weighted by atomic mass is 16.5. The highest BCUT2D eigenvalue weighted by Crippen LogP contribution is 2.49. The standard InChI is InChI=1S/C21H23NO2/c1-13-11-21(2,3)22(4)16-10-9-14-15(19(13)16)12-24-18-8-6-7-17(23-5)20(14)18/h6-11H,12H2,1-5H3. The van der Waals surface area contributed by atoms with Gasteiger partial charge >= 0.3 is 0 Å². The Morgan fingerprint density at radius 2 is 1.92 bits per heavy atom. The van der Waals surface area contributed by atoms with Crippen molar-refractivity contribution in [3.63, 3.8) is 0 Å². The quantitative estimate of drug-likeness (QED) is 0.747. The van der Waals surface area contributed by atoms with E-state index in [2.05, 4.69) is 50.9 Å². The van der Waals surface area contributed by atoms with E-state index >= 15 is 0 Å². The Morgan fingerprint density at radius 1 is 1.12 bits per heavy atom. The SMILES string of the molecule is COc1cccc2c1-c1ccc3c(c1CO2)C(C)=CC(C)(C)N3C. The largest absolute Gasteiger partial charge is 0.496 e. The summed E-state index contributed by atoms with van der Waals surface area (Å²) < 4.78 is 11.7. The minimum atomic E-state index is 0.0104. The first-order chi connectivity index (χ1) is 11.4. The number of ether oxygens (including phenoxy) is 2. The van der Waals surface area contributed by atoms with Crippen molar-refractivity contribution in [2.24, 2.45) is 0 Å². The highest BCUT2D eigenvalue weighted by Gasteiger charge is 2.33. The zero-order chi connectivity index (χ0) is 17.1. The van der Waals surface area contributed by atoms with E-state index in [-0.39, 0.29) is 5.54 Å². The Hall–Kier alpha value is -2.42. The number of nitrogens with zero attached hydrogens (tertiary/aromatic N) is 1. The number of hydrogen-bond donors (Lipinski definition) is 0. The van der Waals surface area contributed by atoms with Crippen LogP contribution in [0.1, 0.15) is 31.9 Å². The first-order valence-corrected chi connectivity index (χ1v) is 8.34. The minimum Gasteiger partial charge on any atom is -0.496 e. The maximum atomic E-state index is 6.07. The predicted octanol–water partition coefficient (Wildman–Crippen LogP) is 4.89. The van der Waals surface area contributed by atoms with Crippen LogP contribution in [0.2, 0.25) is 0 Å². The fourth-order valence-corrected chi connectivity index (χ4v) is 3.97. The molecule has 2 aromatic carbocycles. The van der Waals surface area contributed by atoms with Crippen molar-refractivity contribution in [2.45, 2.75) is 32.9 Å². The van der Waals surface area contributed by atoms with Gasteiger partial charge in [-0.3, -0.25) is 0 Å². The summed E-state index contributed by atoms with van der Waals surface area (Å²) in [6.45, 7) is 7.28. The van der Waals surface area contributed by atoms with Crippen LogP contribution in [-0.4, -0.2) is 19.7 Å². The van der Waals surface area contributed by atoms with Crippen molar-refractivity contribution < 1.29 is 9.47 Å². The molecule has 0 saturated heterocycles. The van der Waals surface area contributed by atoms with Crippen molar-refractivity contribution in [1.82, 2.24) is 0 Å². The fraction of sp³-hybridized carbons (Fsp3) is 0.333. The summed E-state index contributed by atoms with van der Waals surface area (Å²) in [7, 11) is 3.87. The van der Waals surface area contributed by atoms with Gasteiger partial charge in [0.1, 0.15) is 18.1 Å². The molecule has 0 N–H and O–H groups in total. The van der Waals surface area contributed by atoms with Gasteiger partial charge in [0, 0.05) is 23.9 Å². The molecule has 24 heavy (non-hydrogen) atoms. The molecule has 0 aliphatic carbocycles. The number of likely N-dealkylation sites (N-methyl/N-ethyl adjacent to an activating group) is 1. The zero-order valence-corrected chi connectivity index (χ0v) is 14.9. The molecular weight excluding hydrogens is 298 g/mol. The lowest BCUT2D eigenvalue weighted by Crippen LogP contribution is -2.42. The number of hydrogen-bond acceptors (Lipinski definition) is 3. The van der Waals surface area contributed by atoms with Gasteiger partial charge in [-0.15, -0.1) is 0 Å². The summed E-state index contributed by atoms with van der Waals surface area (Å²) in [4.78, 5) is 2.34. The molecule has 0 spiro atoms. The third kappa shape index (κ3) is 1.97. The zero-order valence-electron chi connectivity index (χ0n) is 14.9. The third-order valence-electron chi connectivity index (χ3n) is 5.33. The maximum absolute atomic E-state index is 6.07. The molecule has 0 fully saturated rings. The molecule has 3 nitrogen and oxygen atoms in total. The number of fused-ring (bicyclic) bond motifs is 5. The Kier molecular flexibility index (Phi) is 3.17. The molecule has 124 valence electrons. The Labute approximate surface area is 143 Å². The van der Waals surface area contributed by atoms with Gasteiger partial charge in [0.2, 0.25) is 0 Å². The second-order valence-corrected chi connectivity index (χ2v) is 7.15. The first kappa shape index (κ1) is 15.1. The molecule has 2 aromatic rings. The summed E-state index contributed by atoms with van der Waals surface area (Å²) in [5.74, 6) is 1.76. The van der Waals surface area contributed by atoms with E-state index in [9.17, 15) is 0 Å². The van der Waals surface area contributed by atoms with E-state index in [0.717, 1.165) is 17.1 Å². The van der Waals surface area contributed by atoms with Crippen LogP contribution in [0.25, 0.3) is 16.7 Å². The lowest BCUT2D eigenvalue weighted by Gasteiger charge is -2.42. The molecule has 2 heterocycles. The summed E-state index contributed by atoms with van der Waals surface area (Å²) in [5.41, 5.74) is 7.41. The second kappa shape index (κ2) is 5.04. The minimum absolute atomic E-state index is 0.0104. The van der Waals surface area contributed by atoms with Crippen LogP contribution in [0.5, 0.6) is 11.5 Å². The molecule has 0 bridgehead atoms. The van der Waals surface area contributed by atoms with Crippen LogP contribution < -0.4 is 14.4 Å². The van der Waals surface area contributed by atoms with Crippen LogP contribution in [0, 0.1) is 0 Å². The number of benzene rings is 2. The normalized spacial score (nSPS) is 17.2. The molecule has 2 aliphatic rings. The van der Waals surface area contributed by atoms with Crippen molar-refractivity contribution in [1.29, 1.82) is 0 Å². The predicted molar refractivity (Wildman–Crippen MR) is 98.9 cm³/mol. The van der Waals surface area contributed by atoms with Crippen LogP contribution in [0.4, 0.5) is 5.69 Å². The molecule has 2 aliphatic heterocycles. The molecular formula is C21H23NO2. The van der Waals surface area contributed by atoms with E-state index < -0.39 is 0 Å². The lowest BCUT2D eigenvalue weighted by molar-refractivity contribution is 0.299. The monoisotopic (exact) mass is 321 g/mol. The molecule has 0 atom stereocenters. The van der Waals surface area contributed by atoms with E-state index in [1.807, 2.05) is 18.2 Å². The van der Waals surface area contributed by atoms with Gasteiger partial charge in [-0.25, -0.2) is 0 Å². The number of anilines is 1. The molecule has 0 saturated carbocycles. The molecule has 3 heteroatoms. The average Bonchev–Trinajstić information content (AvgIpc) is 2.57. The van der Waals surface area contributed by atoms with Crippen LogP contribution in [-0.2, 0) is 6.61 Å². The summed E-state index contributed by atoms with van der Waals surface area (Å²) in [6, 6.07) is 10.4. The molecule has 0 radical (unpaired) electrons. The van der Waals surface area contributed by atoms with Crippen LogP contribution >= 0.6 is 0 Å². The average molecular weight is 321 g/mol. The van der Waals surface area contributed by atoms with Gasteiger partial charge in [-0.05, 0) is 50.1 Å². The topological polar surface area (TPSA) is 21.7 Å². The Bertz CT molecular complexity index is 850. The van der Waals surface area contributed by atoms with Gasteiger partial charge in [-0.2, -0.15) is 0 Å². The Morgan fingerprint density at radius 3 is 2.67 bits per heavy atom. The maximum Gasteiger partial charge on any atom is 0.131 e. The van der Waals surface area contributed by atoms with Crippen molar-refractivity contribution >= 4 is 11.3 Å². The molecule has 0 unspecified atom stereocenters. The van der Waals surface area contributed by atoms with E-state index in [4.69, 9.17) is 9.47 Å². The molecule has 0 aromatic heterocycles. The number of methoxy groups -OCH3 is 1. The van der Waals surface area contributed by atoms with Crippen molar-refractivity contribution in [3.8, 4) is 22.6 Å². The van der Waals surface area contributed by atoms with Crippen molar-refractivity contribution in [3.05, 3.63) is 47.5 Å². The van der Waals surface area contributed by atoms with E-state index in [1.165, 1.54) is 28.0 Å². The van der Waals surface area contributed by atoms with Gasteiger partial charge in [0.25, 0.3) is 0 Å². The lowest BCUT2D eigenvalue weighted by atomic mass is 9.83. The van der Waals surface area contributed by atoms with Crippen LogP contribution in [0.15, 0.2) is 36.4 Å². The molecule has 0 amide bonds. The van der Waals surface area contributed by atoms with Gasteiger partial charge in [0.05, 0.1) is 18.2 Å². The third-order valence-corrected chi connectivity index (χ3v) is 5.33. The van der Waals surface area contributed by atoms with Gasteiger partial charge in [-0.1, -0.05) is 18.2 Å². The summed E-state index contributed by atoms with van der Waals surface area (Å²) >= 11 is 0. The first-order valence-electron chi connectivity index (χ1n) is 8.34. The second-order valence-electron chi connectivity index (χ2n) is 7.15. The molecule has 4 rings (SSSR count). The Balaban J connectivity index is 2.00. The van der Waals surface area contributed by atoms with Gasteiger partial charge in [0.15, 0.2) is 0 Å². The number of rotatable bonds is 1. The van der Waals surface area contributed by atoms with E-state index in [0.29, 0.717) is 6.61 Å². The van der Waals surface area contributed by atoms with E-state index in [1.54, 1.807) is 7.11 Å². The summed E-state index contributed by atoms with van der Waals surface area (Å²) in [5, 5.41) is 0. The smallest absolute Gasteiger partial charge is 0.131 e. The highest BCUT2D eigenvalue weighted by molar-refractivity contribution is 5.91. The number of allylic oxidation sites excluding steroid dienone is 1.